The van der Waals surface area contributed by atoms with Crippen molar-refractivity contribution in [3.05, 3.63) is 29.8 Å². The molecule has 3 N–H and O–H groups in total. The second-order valence-corrected chi connectivity index (χ2v) is 4.68. The molecule has 0 aliphatic carbocycles. The number of amides is 1. The van der Waals surface area contributed by atoms with Crippen LogP contribution in [0.4, 0.5) is 5.69 Å². The van der Waals surface area contributed by atoms with E-state index in [9.17, 15) is 4.79 Å². The SMILES string of the molecule is CSCCC(=O)N(C)c1ccccc1C(N)=NO. The van der Waals surface area contributed by atoms with Crippen molar-refractivity contribution in [2.24, 2.45) is 10.9 Å². The van der Waals surface area contributed by atoms with Gasteiger partial charge >= 0.3 is 0 Å². The molecule has 1 aromatic rings. The van der Waals surface area contributed by atoms with Gasteiger partial charge < -0.3 is 15.8 Å². The Balaban J connectivity index is 2.98. The summed E-state index contributed by atoms with van der Waals surface area (Å²) in [7, 11) is 1.69. The van der Waals surface area contributed by atoms with E-state index in [0.717, 1.165) is 5.75 Å². The van der Waals surface area contributed by atoms with Crippen molar-refractivity contribution in [3.63, 3.8) is 0 Å². The van der Waals surface area contributed by atoms with Crippen LogP contribution in [0.25, 0.3) is 0 Å². The van der Waals surface area contributed by atoms with Crippen molar-refractivity contribution < 1.29 is 10.0 Å². The van der Waals surface area contributed by atoms with Gasteiger partial charge in [-0.1, -0.05) is 17.3 Å². The maximum atomic E-state index is 11.9. The standard InChI is InChI=1S/C12H17N3O2S/c1-15(11(16)7-8-18-2)10-6-4-3-5-9(10)12(13)14-17/h3-6,17H,7-8H2,1-2H3,(H2,13,14). The normalized spacial score (nSPS) is 11.3. The first-order valence-corrected chi connectivity index (χ1v) is 6.83. The Morgan fingerprint density at radius 3 is 2.78 bits per heavy atom. The van der Waals surface area contributed by atoms with Gasteiger partial charge in [-0.3, -0.25) is 4.79 Å². The molecular weight excluding hydrogens is 250 g/mol. The Kier molecular flexibility index (Phi) is 5.51. The highest BCUT2D eigenvalue weighted by Gasteiger charge is 2.15. The molecule has 0 atom stereocenters. The summed E-state index contributed by atoms with van der Waals surface area (Å²) in [6, 6.07) is 7.06. The number of carbonyl (C=O) groups excluding carboxylic acids is 1. The predicted octanol–water partition coefficient (Wildman–Crippen LogP) is 1.50. The van der Waals surface area contributed by atoms with Gasteiger partial charge in [-0.15, -0.1) is 0 Å². The minimum atomic E-state index is -0.00452. The van der Waals surface area contributed by atoms with Gasteiger partial charge in [-0.25, -0.2) is 0 Å². The molecule has 0 aliphatic rings. The summed E-state index contributed by atoms with van der Waals surface area (Å²) in [6.45, 7) is 0. The number of anilines is 1. The van der Waals surface area contributed by atoms with Crippen molar-refractivity contribution in [1.82, 2.24) is 0 Å². The zero-order chi connectivity index (χ0) is 13.5. The lowest BCUT2D eigenvalue weighted by molar-refractivity contribution is -0.117. The molecule has 0 fully saturated rings. The number of carbonyl (C=O) groups is 1. The Bertz CT molecular complexity index is 449. The molecule has 0 unspecified atom stereocenters. The third kappa shape index (κ3) is 3.40. The number of amidine groups is 1. The first kappa shape index (κ1) is 14.4. The van der Waals surface area contributed by atoms with Crippen LogP contribution >= 0.6 is 11.8 Å². The Labute approximate surface area is 111 Å². The van der Waals surface area contributed by atoms with E-state index in [1.54, 1.807) is 37.0 Å². The van der Waals surface area contributed by atoms with Gasteiger partial charge in [0.15, 0.2) is 5.84 Å². The number of nitrogens with zero attached hydrogens (tertiary/aromatic N) is 2. The molecule has 0 radical (unpaired) electrons. The van der Waals surface area contributed by atoms with Crippen LogP contribution in [-0.2, 0) is 4.79 Å². The molecular formula is C12H17N3O2S. The summed E-state index contributed by atoms with van der Waals surface area (Å²) in [5, 5.41) is 11.7. The molecule has 0 spiro atoms. The van der Waals surface area contributed by atoms with Gasteiger partial charge in [-0.05, 0) is 18.4 Å². The van der Waals surface area contributed by atoms with Crippen LogP contribution in [0.15, 0.2) is 29.4 Å². The Hall–Kier alpha value is -1.69. The summed E-state index contributed by atoms with van der Waals surface area (Å²) in [6.07, 6.45) is 2.42. The van der Waals surface area contributed by atoms with Crippen molar-refractivity contribution in [1.29, 1.82) is 0 Å². The van der Waals surface area contributed by atoms with Gasteiger partial charge in [-0.2, -0.15) is 11.8 Å². The first-order valence-electron chi connectivity index (χ1n) is 5.44. The Morgan fingerprint density at radius 2 is 2.17 bits per heavy atom. The minimum absolute atomic E-state index is 0.00235. The summed E-state index contributed by atoms with van der Waals surface area (Å²) in [4.78, 5) is 13.5. The van der Waals surface area contributed by atoms with E-state index in [0.29, 0.717) is 17.7 Å². The third-order valence-electron chi connectivity index (χ3n) is 2.54. The molecule has 0 aliphatic heterocycles. The molecule has 18 heavy (non-hydrogen) atoms. The predicted molar refractivity (Wildman–Crippen MR) is 75.4 cm³/mol. The number of oxime groups is 1. The van der Waals surface area contributed by atoms with Gasteiger partial charge in [0.25, 0.3) is 0 Å². The van der Waals surface area contributed by atoms with E-state index in [-0.39, 0.29) is 11.7 Å². The average Bonchev–Trinajstić information content (AvgIpc) is 2.43. The molecule has 6 heteroatoms. The molecule has 98 valence electrons. The summed E-state index contributed by atoms with van der Waals surface area (Å²) >= 11 is 1.62. The van der Waals surface area contributed by atoms with E-state index < -0.39 is 0 Å². The molecule has 5 nitrogen and oxygen atoms in total. The number of rotatable bonds is 5. The lowest BCUT2D eigenvalue weighted by atomic mass is 10.1. The number of hydrogen-bond acceptors (Lipinski definition) is 4. The molecule has 1 rings (SSSR count). The lowest BCUT2D eigenvalue weighted by Crippen LogP contribution is -2.29. The highest BCUT2D eigenvalue weighted by Crippen LogP contribution is 2.19. The fourth-order valence-electron chi connectivity index (χ4n) is 1.53. The van der Waals surface area contributed by atoms with Crippen LogP contribution in [-0.4, -0.2) is 36.0 Å². The van der Waals surface area contributed by atoms with Crippen LogP contribution in [0.1, 0.15) is 12.0 Å². The fourth-order valence-corrected chi connectivity index (χ4v) is 1.91. The van der Waals surface area contributed by atoms with E-state index >= 15 is 0 Å². The van der Waals surface area contributed by atoms with E-state index in [1.165, 1.54) is 4.90 Å². The van der Waals surface area contributed by atoms with Gasteiger partial charge in [0.1, 0.15) is 0 Å². The number of thioether (sulfide) groups is 1. The maximum absolute atomic E-state index is 11.9. The number of para-hydroxylation sites is 1. The topological polar surface area (TPSA) is 78.9 Å². The molecule has 0 bridgehead atoms. The van der Waals surface area contributed by atoms with Crippen LogP contribution < -0.4 is 10.6 Å². The highest BCUT2D eigenvalue weighted by atomic mass is 32.2. The number of nitrogens with two attached hydrogens (primary N) is 1. The lowest BCUT2D eigenvalue weighted by Gasteiger charge is -2.20. The van der Waals surface area contributed by atoms with E-state index in [1.807, 2.05) is 12.3 Å². The van der Waals surface area contributed by atoms with Crippen molar-refractivity contribution in [2.75, 3.05) is 24.0 Å². The van der Waals surface area contributed by atoms with E-state index in [2.05, 4.69) is 5.16 Å². The first-order chi connectivity index (χ1) is 8.61. The van der Waals surface area contributed by atoms with Gasteiger partial charge in [0.2, 0.25) is 5.91 Å². The van der Waals surface area contributed by atoms with Crippen molar-refractivity contribution in [3.8, 4) is 0 Å². The van der Waals surface area contributed by atoms with Crippen LogP contribution in [0.5, 0.6) is 0 Å². The number of hydrogen-bond donors (Lipinski definition) is 2. The quantitative estimate of drug-likeness (QED) is 0.367. The molecule has 1 aromatic carbocycles. The zero-order valence-electron chi connectivity index (χ0n) is 10.5. The van der Waals surface area contributed by atoms with Gasteiger partial charge in [0.05, 0.1) is 5.69 Å². The van der Waals surface area contributed by atoms with E-state index in [4.69, 9.17) is 10.9 Å². The minimum Gasteiger partial charge on any atom is -0.409 e. The van der Waals surface area contributed by atoms with Gasteiger partial charge in [0, 0.05) is 24.8 Å². The maximum Gasteiger partial charge on any atom is 0.227 e. The van der Waals surface area contributed by atoms with Crippen LogP contribution in [0.2, 0.25) is 0 Å². The molecule has 1 amide bonds. The second-order valence-electron chi connectivity index (χ2n) is 3.70. The summed E-state index contributed by atoms with van der Waals surface area (Å²) in [5.41, 5.74) is 6.77. The molecule has 0 heterocycles. The Morgan fingerprint density at radius 1 is 1.50 bits per heavy atom. The largest absolute Gasteiger partial charge is 0.409 e. The average molecular weight is 267 g/mol. The smallest absolute Gasteiger partial charge is 0.227 e. The third-order valence-corrected chi connectivity index (χ3v) is 3.16. The zero-order valence-corrected chi connectivity index (χ0v) is 11.3. The highest BCUT2D eigenvalue weighted by molar-refractivity contribution is 7.98. The van der Waals surface area contributed by atoms with Crippen molar-refractivity contribution in [2.45, 2.75) is 6.42 Å². The second kappa shape index (κ2) is 6.90. The van der Waals surface area contributed by atoms with Crippen LogP contribution in [0.3, 0.4) is 0 Å². The monoisotopic (exact) mass is 267 g/mol. The fraction of sp³-hybridized carbons (Fsp3) is 0.333. The summed E-state index contributed by atoms with van der Waals surface area (Å²) in [5.74, 6) is 0.771. The van der Waals surface area contributed by atoms with Crippen molar-refractivity contribution >= 4 is 29.2 Å². The molecule has 0 saturated heterocycles. The van der Waals surface area contributed by atoms with Crippen LogP contribution in [0, 0.1) is 0 Å². The number of benzene rings is 1. The molecule has 0 aromatic heterocycles. The summed E-state index contributed by atoms with van der Waals surface area (Å²) < 4.78 is 0. The molecule has 0 saturated carbocycles.